The second kappa shape index (κ2) is 9.73. The molecule has 4 rings (SSSR count). The van der Waals surface area contributed by atoms with E-state index in [9.17, 15) is 14.4 Å². The molecule has 1 aliphatic heterocycles. The highest BCUT2D eigenvalue weighted by molar-refractivity contribution is 9.10. The number of ether oxygens (including phenoxy) is 1. The number of halogens is 2. The number of esters is 1. The van der Waals surface area contributed by atoms with Gasteiger partial charge in [0, 0.05) is 9.50 Å². The van der Waals surface area contributed by atoms with E-state index in [0.29, 0.717) is 26.8 Å². The molecule has 0 radical (unpaired) electrons. The minimum atomic E-state index is -0.464. The fourth-order valence-corrected chi connectivity index (χ4v) is 4.17. The average molecular weight is 529 g/mol. The topological polar surface area (TPSA) is 63.7 Å². The molecule has 32 heavy (non-hydrogen) atoms. The first kappa shape index (κ1) is 22.3. The van der Waals surface area contributed by atoms with Gasteiger partial charge in [-0.05, 0) is 77.5 Å². The molecule has 0 N–H and O–H groups in total. The molecule has 0 aromatic heterocycles. The van der Waals surface area contributed by atoms with Gasteiger partial charge >= 0.3 is 5.97 Å². The molecule has 2 amide bonds. The van der Waals surface area contributed by atoms with Crippen molar-refractivity contribution in [2.45, 2.75) is 6.54 Å². The fraction of sp³-hybridized carbons (Fsp3) is 0.0417. The van der Waals surface area contributed by atoms with Crippen molar-refractivity contribution in [1.82, 2.24) is 4.90 Å². The van der Waals surface area contributed by atoms with E-state index in [1.165, 1.54) is 4.90 Å². The van der Waals surface area contributed by atoms with E-state index in [-0.39, 0.29) is 17.7 Å². The smallest absolute Gasteiger partial charge is 0.343 e. The number of rotatable bonds is 5. The molecule has 1 aliphatic rings. The number of carbonyl (C=O) groups is 3. The van der Waals surface area contributed by atoms with Crippen LogP contribution >= 0.6 is 39.3 Å². The molecule has 0 unspecified atom stereocenters. The van der Waals surface area contributed by atoms with E-state index in [2.05, 4.69) is 15.9 Å². The van der Waals surface area contributed by atoms with Gasteiger partial charge in [-0.15, -0.1) is 0 Å². The zero-order chi connectivity index (χ0) is 22.7. The van der Waals surface area contributed by atoms with Crippen LogP contribution in [0.4, 0.5) is 4.79 Å². The van der Waals surface area contributed by atoms with Crippen molar-refractivity contribution in [3.05, 3.63) is 104 Å². The van der Waals surface area contributed by atoms with Crippen LogP contribution < -0.4 is 4.74 Å². The number of thioether (sulfide) groups is 1. The highest BCUT2D eigenvalue weighted by atomic mass is 79.9. The maximum Gasteiger partial charge on any atom is 0.343 e. The Kier molecular flexibility index (Phi) is 6.79. The highest BCUT2D eigenvalue weighted by Gasteiger charge is 2.34. The summed E-state index contributed by atoms with van der Waals surface area (Å²) in [5.74, 6) is -0.430. The molecular weight excluding hydrogens is 514 g/mol. The van der Waals surface area contributed by atoms with Gasteiger partial charge < -0.3 is 4.74 Å². The summed E-state index contributed by atoms with van der Waals surface area (Å²) in [4.78, 5) is 38.8. The van der Waals surface area contributed by atoms with Crippen LogP contribution in [0.5, 0.6) is 5.75 Å². The Morgan fingerprint density at radius 3 is 2.28 bits per heavy atom. The van der Waals surface area contributed by atoms with Crippen LogP contribution in [0.15, 0.2) is 82.2 Å². The van der Waals surface area contributed by atoms with Crippen molar-refractivity contribution in [3.8, 4) is 5.75 Å². The summed E-state index contributed by atoms with van der Waals surface area (Å²) < 4.78 is 6.25. The van der Waals surface area contributed by atoms with E-state index >= 15 is 0 Å². The van der Waals surface area contributed by atoms with Crippen molar-refractivity contribution >= 4 is 62.5 Å². The van der Waals surface area contributed by atoms with Gasteiger partial charge in [0.05, 0.1) is 17.0 Å². The summed E-state index contributed by atoms with van der Waals surface area (Å²) in [5.41, 5.74) is 1.96. The van der Waals surface area contributed by atoms with Crippen LogP contribution in [0, 0.1) is 0 Å². The Bertz CT molecular complexity index is 1210. The van der Waals surface area contributed by atoms with E-state index in [1.807, 2.05) is 0 Å². The number of hydrogen-bond acceptors (Lipinski definition) is 5. The van der Waals surface area contributed by atoms with Crippen molar-refractivity contribution < 1.29 is 19.1 Å². The van der Waals surface area contributed by atoms with Crippen molar-refractivity contribution in [2.75, 3.05) is 0 Å². The minimum absolute atomic E-state index is 0.185. The number of imide groups is 1. The molecule has 8 heteroatoms. The summed E-state index contributed by atoms with van der Waals surface area (Å²) in [7, 11) is 0. The number of amides is 2. The quantitative estimate of drug-likeness (QED) is 0.213. The van der Waals surface area contributed by atoms with Crippen LogP contribution in [-0.4, -0.2) is 22.0 Å². The number of benzene rings is 3. The lowest BCUT2D eigenvalue weighted by Gasteiger charge is -2.12. The predicted molar refractivity (Wildman–Crippen MR) is 129 cm³/mol. The molecule has 0 bridgehead atoms. The second-order valence-electron chi connectivity index (χ2n) is 6.86. The third kappa shape index (κ3) is 5.30. The summed E-state index contributed by atoms with van der Waals surface area (Å²) in [6.07, 6.45) is 1.65. The Morgan fingerprint density at radius 2 is 1.62 bits per heavy atom. The van der Waals surface area contributed by atoms with Crippen molar-refractivity contribution in [1.29, 1.82) is 0 Å². The average Bonchev–Trinajstić information content (AvgIpc) is 3.04. The van der Waals surface area contributed by atoms with Gasteiger partial charge in [-0.25, -0.2) is 4.79 Å². The molecule has 3 aromatic rings. The summed E-state index contributed by atoms with van der Waals surface area (Å²) >= 11 is 10.1. The van der Waals surface area contributed by atoms with Crippen LogP contribution in [0.1, 0.15) is 21.5 Å². The molecule has 1 fully saturated rings. The van der Waals surface area contributed by atoms with Crippen molar-refractivity contribution in [2.24, 2.45) is 0 Å². The van der Waals surface area contributed by atoms with Gasteiger partial charge in [0.25, 0.3) is 11.1 Å². The third-order valence-electron chi connectivity index (χ3n) is 4.60. The maximum atomic E-state index is 12.7. The molecule has 1 heterocycles. The van der Waals surface area contributed by atoms with E-state index in [0.717, 1.165) is 21.8 Å². The summed E-state index contributed by atoms with van der Waals surface area (Å²) in [6, 6.07) is 20.6. The van der Waals surface area contributed by atoms with Gasteiger partial charge in [0.15, 0.2) is 0 Å². The third-order valence-corrected chi connectivity index (χ3v) is 6.28. The lowest BCUT2D eigenvalue weighted by molar-refractivity contribution is -0.123. The first-order valence-electron chi connectivity index (χ1n) is 9.47. The summed E-state index contributed by atoms with van der Waals surface area (Å²) in [5, 5.41) is 0.269. The Hall–Kier alpha value is -2.87. The van der Waals surface area contributed by atoms with Gasteiger partial charge in [-0.3, -0.25) is 14.5 Å². The second-order valence-corrected chi connectivity index (χ2v) is 9.21. The van der Waals surface area contributed by atoms with Gasteiger partial charge in [0.2, 0.25) is 0 Å². The molecule has 3 aromatic carbocycles. The highest BCUT2D eigenvalue weighted by Crippen LogP contribution is 2.33. The largest absolute Gasteiger partial charge is 0.423 e. The number of carbonyl (C=O) groups excluding carboxylic acids is 3. The molecular formula is C24H15BrClNO4S. The fourth-order valence-electron chi connectivity index (χ4n) is 2.94. The zero-order valence-electron chi connectivity index (χ0n) is 16.5. The minimum Gasteiger partial charge on any atom is -0.423 e. The van der Waals surface area contributed by atoms with Gasteiger partial charge in [-0.2, -0.15) is 0 Å². The van der Waals surface area contributed by atoms with Crippen LogP contribution in [0.25, 0.3) is 6.08 Å². The van der Waals surface area contributed by atoms with E-state index in [4.69, 9.17) is 16.3 Å². The molecule has 5 nitrogen and oxygen atoms in total. The Morgan fingerprint density at radius 1 is 0.969 bits per heavy atom. The number of hydrogen-bond donors (Lipinski definition) is 0. The van der Waals surface area contributed by atoms with Crippen LogP contribution in [0.2, 0.25) is 5.02 Å². The van der Waals surface area contributed by atoms with Gasteiger partial charge in [0.1, 0.15) is 5.75 Å². The molecule has 1 saturated heterocycles. The van der Waals surface area contributed by atoms with E-state index < -0.39 is 5.97 Å². The zero-order valence-corrected chi connectivity index (χ0v) is 19.6. The lowest BCUT2D eigenvalue weighted by atomic mass is 10.2. The lowest BCUT2D eigenvalue weighted by Crippen LogP contribution is -2.27. The number of nitrogens with zero attached hydrogens (tertiary/aromatic N) is 1. The van der Waals surface area contributed by atoms with Crippen LogP contribution in [-0.2, 0) is 11.3 Å². The Labute approximate surface area is 202 Å². The monoisotopic (exact) mass is 527 g/mol. The van der Waals surface area contributed by atoms with Crippen molar-refractivity contribution in [3.63, 3.8) is 0 Å². The first-order chi connectivity index (χ1) is 15.4. The van der Waals surface area contributed by atoms with Crippen LogP contribution in [0.3, 0.4) is 0 Å². The molecule has 0 spiro atoms. The normalized spacial score (nSPS) is 14.8. The van der Waals surface area contributed by atoms with Gasteiger partial charge in [-0.1, -0.05) is 51.8 Å². The molecule has 0 aliphatic carbocycles. The standard InChI is InChI=1S/C24H15BrClNO4S/c25-18-7-5-17(6-8-18)23(29)31-20-11-3-15(4-12-20)13-21-22(28)27(24(30)32-21)14-16-1-9-19(26)10-2-16/h1-13H,14H2/b21-13-. The Balaban J connectivity index is 1.42. The molecule has 0 saturated carbocycles. The molecule has 160 valence electrons. The first-order valence-corrected chi connectivity index (χ1v) is 11.5. The van der Waals surface area contributed by atoms with E-state index in [1.54, 1.807) is 78.9 Å². The SMILES string of the molecule is O=C(Oc1ccc(/C=C2\SC(=O)N(Cc3ccc(Cl)cc3)C2=O)cc1)c1ccc(Br)cc1. The summed E-state index contributed by atoms with van der Waals surface area (Å²) in [6.45, 7) is 0.185. The molecule has 0 atom stereocenters. The predicted octanol–water partition coefficient (Wildman–Crippen LogP) is 6.56. The maximum absolute atomic E-state index is 12.7.